The van der Waals surface area contributed by atoms with Crippen molar-refractivity contribution < 1.29 is 4.42 Å². The van der Waals surface area contributed by atoms with Crippen molar-refractivity contribution in [2.45, 2.75) is 105 Å². The Kier molecular flexibility index (Phi) is 18.1. The van der Waals surface area contributed by atoms with Crippen LogP contribution < -0.4 is 9.80 Å². The number of furan rings is 1. The third-order valence-electron chi connectivity index (χ3n) is 23.8. The quantitative estimate of drug-likeness (QED) is 0.109. The first-order valence-corrected chi connectivity index (χ1v) is 41.2. The average Bonchev–Trinajstić information content (AvgIpc) is 1.73. The summed E-state index contributed by atoms with van der Waals surface area (Å²) >= 11 is 0. The molecule has 0 fully saturated rings. The van der Waals surface area contributed by atoms with Crippen molar-refractivity contribution in [1.29, 1.82) is 0 Å². The van der Waals surface area contributed by atoms with Gasteiger partial charge in [-0.15, -0.1) is 0 Å². The maximum Gasteiger partial charge on any atom is 0.135 e. The van der Waals surface area contributed by atoms with Crippen molar-refractivity contribution in [1.82, 2.24) is 9.13 Å². The predicted molar refractivity (Wildman–Crippen MR) is 499 cm³/mol. The summed E-state index contributed by atoms with van der Waals surface area (Å²) in [6.45, 7) is 28.0. The first-order chi connectivity index (χ1) is 56.5. The second kappa shape index (κ2) is 28.8. The van der Waals surface area contributed by atoms with Gasteiger partial charge in [0, 0.05) is 88.7 Å². The maximum atomic E-state index is 6.53. The number of para-hydroxylation sites is 3. The number of fused-ring (bicyclic) bond motifs is 9. The predicted octanol–water partition coefficient (Wildman–Crippen LogP) is 31.9. The molecule has 0 aliphatic rings. The third kappa shape index (κ3) is 13.5. The molecule has 19 rings (SSSR count). The third-order valence-corrected chi connectivity index (χ3v) is 23.8. The van der Waals surface area contributed by atoms with Gasteiger partial charge in [-0.25, -0.2) is 0 Å². The van der Waals surface area contributed by atoms with Crippen LogP contribution in [-0.2, 0) is 21.7 Å². The van der Waals surface area contributed by atoms with Crippen LogP contribution in [0.4, 0.5) is 34.1 Å². The Labute approximate surface area is 687 Å². The Hall–Kier alpha value is -13.5. The summed E-state index contributed by atoms with van der Waals surface area (Å²) in [5, 5.41) is 6.99. The zero-order valence-electron chi connectivity index (χ0n) is 68.8. The van der Waals surface area contributed by atoms with E-state index in [0.29, 0.717) is 0 Å². The molecule has 570 valence electrons. The number of aromatic nitrogens is 2. The summed E-state index contributed by atoms with van der Waals surface area (Å²) in [5.41, 5.74) is 32.0. The minimum absolute atomic E-state index is 0.0773. The van der Waals surface area contributed by atoms with Gasteiger partial charge < -0.3 is 23.4 Å². The lowest BCUT2D eigenvalue weighted by Crippen LogP contribution is -2.18. The summed E-state index contributed by atoms with van der Waals surface area (Å²) in [4.78, 5) is 5.22. The number of rotatable bonds is 14. The zero-order valence-corrected chi connectivity index (χ0v) is 68.8. The van der Waals surface area contributed by atoms with Gasteiger partial charge in [0.15, 0.2) is 0 Å². The van der Waals surface area contributed by atoms with E-state index in [2.05, 4.69) is 466 Å². The van der Waals surface area contributed by atoms with E-state index < -0.39 is 0 Å². The van der Waals surface area contributed by atoms with E-state index in [1.165, 1.54) is 38.4 Å². The lowest BCUT2D eigenvalue weighted by molar-refractivity contribution is 0.590. The van der Waals surface area contributed by atoms with Crippen molar-refractivity contribution in [3.8, 4) is 78.1 Å². The van der Waals surface area contributed by atoms with Gasteiger partial charge in [-0.2, -0.15) is 0 Å². The van der Waals surface area contributed by atoms with Crippen LogP contribution in [0, 0.1) is 0 Å². The second-order valence-corrected chi connectivity index (χ2v) is 35.8. The molecule has 5 nitrogen and oxygen atoms in total. The molecule has 5 heteroatoms. The molecule has 117 heavy (non-hydrogen) atoms. The number of anilines is 6. The van der Waals surface area contributed by atoms with Crippen molar-refractivity contribution in [3.05, 3.63) is 386 Å². The zero-order chi connectivity index (χ0) is 80.2. The van der Waals surface area contributed by atoms with Gasteiger partial charge in [0.2, 0.25) is 0 Å². The molecule has 0 amide bonds. The molecule has 16 aromatic carbocycles. The topological polar surface area (TPSA) is 29.5 Å². The number of hydrogen-bond acceptors (Lipinski definition) is 3. The minimum Gasteiger partial charge on any atom is -0.456 e. The molecule has 0 spiro atoms. The normalized spacial score (nSPS) is 12.3. The highest BCUT2D eigenvalue weighted by Crippen LogP contribution is 2.55. The molecule has 0 unspecified atom stereocenters. The Morgan fingerprint density at radius 3 is 1.04 bits per heavy atom. The van der Waals surface area contributed by atoms with E-state index in [9.17, 15) is 0 Å². The molecule has 3 aromatic heterocycles. The lowest BCUT2D eigenvalue weighted by Gasteiger charge is -2.35. The molecular weight excluding hydrogens is 1420 g/mol. The van der Waals surface area contributed by atoms with Crippen LogP contribution in [0.1, 0.15) is 105 Å². The van der Waals surface area contributed by atoms with Crippen molar-refractivity contribution in [2.75, 3.05) is 9.80 Å². The highest BCUT2D eigenvalue weighted by atomic mass is 16.3. The van der Waals surface area contributed by atoms with Gasteiger partial charge >= 0.3 is 0 Å². The Morgan fingerprint density at radius 1 is 0.205 bits per heavy atom. The van der Waals surface area contributed by atoms with E-state index >= 15 is 0 Å². The SMILES string of the molecule is CC(C)(C)c1cc(-c2ccccc2)c(N(c2cccc(-c3ccc4oc5ccccc5c4c3)c2)c2cc(-c3ccc4c(c3)c3ccccc3n4-c3ccccc3)cc(N(c3cccc(-n4c5ccc(C(C)(C)C)cc5c5cc(C(C)(C)C)ccc54)c3)c3c(-c4ccccc4)cc(C(C)(C)C)cc3-c3ccccc3)c2)c(-c2ccccc2)c1. The number of benzene rings is 16. The second-order valence-electron chi connectivity index (χ2n) is 35.8. The maximum absolute atomic E-state index is 6.53. The summed E-state index contributed by atoms with van der Waals surface area (Å²) in [7, 11) is 0. The molecular formula is C112H96N4O. The van der Waals surface area contributed by atoms with Crippen molar-refractivity contribution in [3.63, 3.8) is 0 Å². The van der Waals surface area contributed by atoms with Crippen LogP contribution in [0.15, 0.2) is 368 Å². The Bertz CT molecular complexity index is 6820. The van der Waals surface area contributed by atoms with Gasteiger partial charge in [-0.3, -0.25) is 0 Å². The fourth-order valence-electron chi connectivity index (χ4n) is 17.5. The van der Waals surface area contributed by atoms with Gasteiger partial charge in [0.25, 0.3) is 0 Å². The van der Waals surface area contributed by atoms with E-state index in [-0.39, 0.29) is 21.7 Å². The van der Waals surface area contributed by atoms with E-state index in [1.54, 1.807) is 0 Å². The van der Waals surface area contributed by atoms with Crippen LogP contribution >= 0.6 is 0 Å². The Balaban J connectivity index is 0.976. The van der Waals surface area contributed by atoms with E-state index in [1.807, 2.05) is 0 Å². The van der Waals surface area contributed by atoms with Crippen LogP contribution in [0.25, 0.3) is 144 Å². The van der Waals surface area contributed by atoms with Gasteiger partial charge in [0.05, 0.1) is 33.4 Å². The van der Waals surface area contributed by atoms with Crippen molar-refractivity contribution >= 4 is 99.7 Å². The highest BCUT2D eigenvalue weighted by Gasteiger charge is 2.32. The summed E-state index contributed by atoms with van der Waals surface area (Å²) < 4.78 is 11.5. The van der Waals surface area contributed by atoms with E-state index in [4.69, 9.17) is 4.42 Å². The molecule has 0 saturated carbocycles. The van der Waals surface area contributed by atoms with Crippen LogP contribution in [-0.4, -0.2) is 9.13 Å². The first kappa shape index (κ1) is 73.7. The molecule has 0 aliphatic carbocycles. The molecule has 0 N–H and O–H groups in total. The molecule has 19 aromatic rings. The summed E-state index contributed by atoms with van der Waals surface area (Å²) in [6, 6.07) is 137. The standard InChI is InChI=1S/C112H96N4O/c1-109(2,3)81-54-57-103-98(65-81)99-66-82(110(4,5)6)55-58-104(99)116(103)88-47-33-46-87(71-88)114(108-95(75-38-22-15-23-39-75)69-84(112(10,11)12)70-96(108)76-40-24-16-25-41-76)90-62-80(79-52-56-102-97(63-79)91-48-28-30-50-101(91)115(102)85-43-26-17-27-44-85)61-89(72-90)113(86-45-32-42-77(60-86)78-53-59-106-100(64-78)92-49-29-31-51-105(92)117-106)107-93(73-34-18-13-19-35-73)67-83(111(7,8)9)68-94(107)74-36-20-14-21-37-74/h13-72H,1-12H3. The first-order valence-electron chi connectivity index (χ1n) is 41.2. The smallest absolute Gasteiger partial charge is 0.135 e. The number of hydrogen-bond donors (Lipinski definition) is 0. The largest absolute Gasteiger partial charge is 0.456 e. The number of nitrogens with zero attached hydrogens (tertiary/aromatic N) is 4. The molecule has 0 atom stereocenters. The summed E-state index contributed by atoms with van der Waals surface area (Å²) in [5.74, 6) is 0. The van der Waals surface area contributed by atoms with Gasteiger partial charge in [0.1, 0.15) is 11.2 Å². The fraction of sp³-hybridized carbons (Fsp3) is 0.143. The molecule has 0 saturated heterocycles. The average molecular weight is 1510 g/mol. The molecule has 0 bridgehead atoms. The fourth-order valence-corrected chi connectivity index (χ4v) is 17.5. The van der Waals surface area contributed by atoms with E-state index in [0.717, 1.165) is 162 Å². The van der Waals surface area contributed by atoms with Crippen LogP contribution in [0.2, 0.25) is 0 Å². The lowest BCUT2D eigenvalue weighted by atomic mass is 9.81. The summed E-state index contributed by atoms with van der Waals surface area (Å²) in [6.07, 6.45) is 0. The Morgan fingerprint density at radius 2 is 0.547 bits per heavy atom. The molecule has 0 radical (unpaired) electrons. The molecule has 3 heterocycles. The monoisotopic (exact) mass is 1510 g/mol. The van der Waals surface area contributed by atoms with Crippen molar-refractivity contribution in [2.24, 2.45) is 0 Å². The van der Waals surface area contributed by atoms with Gasteiger partial charge in [-0.1, -0.05) is 301 Å². The highest BCUT2D eigenvalue weighted by molar-refractivity contribution is 6.13. The van der Waals surface area contributed by atoms with Crippen LogP contribution in [0.5, 0.6) is 0 Å². The van der Waals surface area contributed by atoms with Crippen LogP contribution in [0.3, 0.4) is 0 Å². The molecule has 0 aliphatic heterocycles. The minimum atomic E-state index is -0.246. The van der Waals surface area contributed by atoms with Gasteiger partial charge in [-0.05, 0) is 234 Å².